The average molecular weight is 340 g/mol. The summed E-state index contributed by atoms with van der Waals surface area (Å²) in [5.74, 6) is -0.879. The Bertz CT molecular complexity index is 860. The quantitative estimate of drug-likeness (QED) is 0.463. The van der Waals surface area contributed by atoms with Crippen LogP contribution in [0.2, 0.25) is 5.15 Å². The van der Waals surface area contributed by atoms with E-state index in [1.807, 2.05) is 32.9 Å². The Morgan fingerprint density at radius 1 is 1.12 bits per heavy atom. The number of benzene rings is 1. The summed E-state index contributed by atoms with van der Waals surface area (Å²) in [5, 5.41) is 0.364. The maximum atomic E-state index is 12.8. The number of carbonyl (C=O) groups is 2. The number of aromatic nitrogens is 1. The summed E-state index contributed by atoms with van der Waals surface area (Å²) < 4.78 is 0. The fourth-order valence-electron chi connectivity index (χ4n) is 3.45. The van der Waals surface area contributed by atoms with Gasteiger partial charge in [0.2, 0.25) is 0 Å². The molecule has 1 aromatic carbocycles. The number of carbonyl (C=O) groups excluding carboxylic acids is 2. The zero-order valence-corrected chi connectivity index (χ0v) is 14.6. The highest BCUT2D eigenvalue weighted by atomic mass is 35.5. The summed E-state index contributed by atoms with van der Waals surface area (Å²) in [6.45, 7) is 5.92. The van der Waals surface area contributed by atoms with Gasteiger partial charge in [-0.1, -0.05) is 35.4 Å². The maximum Gasteiger partial charge on any atom is 0.174 e. The Morgan fingerprint density at radius 2 is 1.79 bits per heavy atom. The van der Waals surface area contributed by atoms with Crippen LogP contribution in [-0.4, -0.2) is 16.6 Å². The number of hydrogen-bond acceptors (Lipinski definition) is 3. The fourth-order valence-corrected chi connectivity index (χ4v) is 3.62. The lowest BCUT2D eigenvalue weighted by Crippen LogP contribution is -2.15. The highest BCUT2D eigenvalue weighted by Gasteiger charge is 2.39. The first kappa shape index (κ1) is 16.6. The van der Waals surface area contributed by atoms with Crippen molar-refractivity contribution in [2.75, 3.05) is 0 Å². The summed E-state index contributed by atoms with van der Waals surface area (Å²) in [6, 6.07) is 9.25. The number of ketones is 2. The number of allylic oxidation sites excluding steroid dienone is 1. The highest BCUT2D eigenvalue weighted by Crippen LogP contribution is 2.36. The Morgan fingerprint density at radius 3 is 2.42 bits per heavy atom. The van der Waals surface area contributed by atoms with Crippen LogP contribution in [0.5, 0.6) is 0 Å². The monoisotopic (exact) mass is 339 g/mol. The van der Waals surface area contributed by atoms with Gasteiger partial charge in [0.05, 0.1) is 5.69 Å². The van der Waals surface area contributed by atoms with Gasteiger partial charge >= 0.3 is 0 Å². The van der Waals surface area contributed by atoms with Crippen molar-refractivity contribution >= 4 is 29.2 Å². The second-order valence-electron chi connectivity index (χ2n) is 6.31. The predicted octanol–water partition coefficient (Wildman–Crippen LogP) is 4.37. The van der Waals surface area contributed by atoms with E-state index in [0.29, 0.717) is 16.4 Å². The summed E-state index contributed by atoms with van der Waals surface area (Å²) in [5.41, 5.74) is 5.04. The Hall–Kier alpha value is -2.26. The molecule has 0 spiro atoms. The van der Waals surface area contributed by atoms with E-state index in [0.717, 1.165) is 22.3 Å². The van der Waals surface area contributed by atoms with Gasteiger partial charge in [-0.05, 0) is 55.7 Å². The van der Waals surface area contributed by atoms with Crippen LogP contribution in [0.3, 0.4) is 0 Å². The Balaban J connectivity index is 2.02. The molecule has 1 aliphatic carbocycles. The third kappa shape index (κ3) is 3.04. The molecule has 3 nitrogen and oxygen atoms in total. The predicted molar refractivity (Wildman–Crippen MR) is 95.2 cm³/mol. The molecule has 0 radical (unpaired) electrons. The van der Waals surface area contributed by atoms with Crippen LogP contribution in [0.15, 0.2) is 35.9 Å². The fraction of sp³-hybridized carbons (Fsp3) is 0.250. The molecule has 122 valence electrons. The molecule has 0 N–H and O–H groups in total. The van der Waals surface area contributed by atoms with Crippen molar-refractivity contribution in [2.24, 2.45) is 0 Å². The van der Waals surface area contributed by atoms with E-state index in [2.05, 4.69) is 4.98 Å². The first-order chi connectivity index (χ1) is 11.4. The lowest BCUT2D eigenvalue weighted by atomic mass is 9.87. The summed E-state index contributed by atoms with van der Waals surface area (Å²) >= 11 is 5.88. The molecule has 0 bridgehead atoms. The molecule has 0 amide bonds. The van der Waals surface area contributed by atoms with Gasteiger partial charge in [-0.25, -0.2) is 4.98 Å². The third-order valence-electron chi connectivity index (χ3n) is 4.35. The van der Waals surface area contributed by atoms with Gasteiger partial charge in [-0.15, -0.1) is 0 Å². The SMILES string of the molecule is Cc1cc(C)c(C2C(=O)C/C(=C\c3cccc(Cl)n3)C2=O)c(C)c1. The second-order valence-corrected chi connectivity index (χ2v) is 6.69. The minimum absolute atomic E-state index is 0.0525. The van der Waals surface area contributed by atoms with Crippen molar-refractivity contribution in [1.29, 1.82) is 0 Å². The summed E-state index contributed by atoms with van der Waals surface area (Å²) in [4.78, 5) is 29.5. The smallest absolute Gasteiger partial charge is 0.174 e. The lowest BCUT2D eigenvalue weighted by molar-refractivity contribution is -0.123. The normalized spacial score (nSPS) is 19.3. The molecule has 1 fully saturated rings. The first-order valence-corrected chi connectivity index (χ1v) is 8.22. The number of halogens is 1. The summed E-state index contributed by atoms with van der Waals surface area (Å²) in [7, 11) is 0. The molecule has 1 aromatic heterocycles. The summed E-state index contributed by atoms with van der Waals surface area (Å²) in [6.07, 6.45) is 1.81. The standard InChI is InChI=1S/C20H18ClNO2/c1-11-7-12(2)18(13(3)8-11)19-16(23)10-14(20(19)24)9-15-5-4-6-17(21)22-15/h4-9,19H,10H2,1-3H3/b14-9+. The van der Waals surface area contributed by atoms with Gasteiger partial charge in [0.15, 0.2) is 11.6 Å². The molecule has 1 aliphatic rings. The van der Waals surface area contributed by atoms with Crippen LogP contribution in [0.4, 0.5) is 0 Å². The topological polar surface area (TPSA) is 47.0 Å². The van der Waals surface area contributed by atoms with Crippen molar-refractivity contribution in [3.63, 3.8) is 0 Å². The number of Topliss-reactive ketones (excluding diaryl/α,β-unsaturated/α-hetero) is 2. The number of hydrogen-bond donors (Lipinski definition) is 0. The minimum Gasteiger partial charge on any atom is -0.298 e. The van der Waals surface area contributed by atoms with Gasteiger partial charge in [0.25, 0.3) is 0 Å². The van der Waals surface area contributed by atoms with Gasteiger partial charge in [-0.2, -0.15) is 0 Å². The van der Waals surface area contributed by atoms with Crippen LogP contribution in [-0.2, 0) is 9.59 Å². The van der Waals surface area contributed by atoms with Crippen molar-refractivity contribution in [3.8, 4) is 0 Å². The molecule has 1 unspecified atom stereocenters. The lowest BCUT2D eigenvalue weighted by Gasteiger charge is -2.15. The van der Waals surface area contributed by atoms with Gasteiger partial charge in [0, 0.05) is 12.0 Å². The highest BCUT2D eigenvalue weighted by molar-refractivity contribution is 6.29. The number of rotatable bonds is 2. The Kier molecular flexibility index (Phi) is 4.37. The molecule has 24 heavy (non-hydrogen) atoms. The van der Waals surface area contributed by atoms with E-state index in [9.17, 15) is 9.59 Å². The van der Waals surface area contributed by atoms with Crippen molar-refractivity contribution < 1.29 is 9.59 Å². The molecule has 1 saturated carbocycles. The van der Waals surface area contributed by atoms with E-state index in [1.54, 1.807) is 24.3 Å². The molecule has 0 saturated heterocycles. The van der Waals surface area contributed by atoms with Crippen molar-refractivity contribution in [3.05, 3.63) is 69.0 Å². The molecule has 3 rings (SSSR count). The van der Waals surface area contributed by atoms with Crippen molar-refractivity contribution in [2.45, 2.75) is 33.1 Å². The molecule has 4 heteroatoms. The van der Waals surface area contributed by atoms with Crippen LogP contribution in [0.25, 0.3) is 6.08 Å². The Labute approximate surface area is 146 Å². The molecule has 0 aliphatic heterocycles. The molecule has 1 heterocycles. The largest absolute Gasteiger partial charge is 0.298 e. The minimum atomic E-state index is -0.698. The van der Waals surface area contributed by atoms with Gasteiger partial charge < -0.3 is 0 Å². The second kappa shape index (κ2) is 6.33. The van der Waals surface area contributed by atoms with Crippen LogP contribution in [0.1, 0.15) is 40.3 Å². The zero-order valence-electron chi connectivity index (χ0n) is 13.9. The third-order valence-corrected chi connectivity index (χ3v) is 4.56. The maximum absolute atomic E-state index is 12.8. The first-order valence-electron chi connectivity index (χ1n) is 7.84. The van der Waals surface area contributed by atoms with Crippen molar-refractivity contribution in [1.82, 2.24) is 4.98 Å². The number of aryl methyl sites for hydroxylation is 3. The van der Waals surface area contributed by atoms with Gasteiger partial charge in [0.1, 0.15) is 11.1 Å². The van der Waals surface area contributed by atoms with E-state index < -0.39 is 5.92 Å². The van der Waals surface area contributed by atoms with E-state index >= 15 is 0 Å². The average Bonchev–Trinajstić information content (AvgIpc) is 2.74. The number of pyridine rings is 1. The van der Waals surface area contributed by atoms with E-state index in [4.69, 9.17) is 11.6 Å². The van der Waals surface area contributed by atoms with Gasteiger partial charge in [-0.3, -0.25) is 9.59 Å². The van der Waals surface area contributed by atoms with Crippen LogP contribution < -0.4 is 0 Å². The molecular weight excluding hydrogens is 322 g/mol. The van der Waals surface area contributed by atoms with E-state index in [-0.39, 0.29) is 18.0 Å². The van der Waals surface area contributed by atoms with Crippen LogP contribution in [0, 0.1) is 20.8 Å². The van der Waals surface area contributed by atoms with Crippen LogP contribution >= 0.6 is 11.6 Å². The molecule has 1 atom stereocenters. The molecular formula is C20H18ClNO2. The number of nitrogens with zero attached hydrogens (tertiary/aromatic N) is 1. The zero-order chi connectivity index (χ0) is 17.4. The van der Waals surface area contributed by atoms with E-state index in [1.165, 1.54) is 0 Å². The molecule has 2 aromatic rings.